The number of furan rings is 1. The van der Waals surface area contributed by atoms with Crippen LogP contribution in [0.3, 0.4) is 0 Å². The van der Waals surface area contributed by atoms with Crippen LogP contribution in [0.4, 0.5) is 0 Å². The fourth-order valence-electron chi connectivity index (χ4n) is 2.11. The fraction of sp³-hybridized carbons (Fsp3) is 0.583. The number of nitrogens with zero attached hydrogens (tertiary/aromatic N) is 1. The fourth-order valence-corrected chi connectivity index (χ4v) is 2.11. The highest BCUT2D eigenvalue weighted by Gasteiger charge is 2.23. The SMILES string of the molecule is O=C(O)C(Cc1ccco1)CN1CCNCC1. The Morgan fingerprint density at radius 2 is 2.29 bits per heavy atom. The van der Waals surface area contributed by atoms with Crippen LogP contribution in [0.1, 0.15) is 5.76 Å². The molecule has 0 spiro atoms. The van der Waals surface area contributed by atoms with E-state index < -0.39 is 5.97 Å². The molecule has 1 aliphatic rings. The number of hydrogen-bond donors (Lipinski definition) is 2. The van der Waals surface area contributed by atoms with Gasteiger partial charge >= 0.3 is 5.97 Å². The maximum atomic E-state index is 11.2. The molecule has 1 fully saturated rings. The molecule has 2 rings (SSSR count). The van der Waals surface area contributed by atoms with E-state index in [0.29, 0.717) is 13.0 Å². The van der Waals surface area contributed by atoms with Gasteiger partial charge in [0.25, 0.3) is 0 Å². The molecule has 1 atom stereocenters. The number of carboxylic acids is 1. The van der Waals surface area contributed by atoms with Crippen LogP contribution in [-0.2, 0) is 11.2 Å². The molecule has 2 N–H and O–H groups in total. The molecule has 0 aliphatic carbocycles. The van der Waals surface area contributed by atoms with Gasteiger partial charge in [0.1, 0.15) is 5.76 Å². The van der Waals surface area contributed by atoms with E-state index in [-0.39, 0.29) is 5.92 Å². The van der Waals surface area contributed by atoms with Gasteiger partial charge in [-0.25, -0.2) is 0 Å². The number of carbonyl (C=O) groups is 1. The van der Waals surface area contributed by atoms with Crippen LogP contribution in [-0.4, -0.2) is 48.7 Å². The van der Waals surface area contributed by atoms with Crippen molar-refractivity contribution >= 4 is 5.97 Å². The molecule has 5 nitrogen and oxygen atoms in total. The van der Waals surface area contributed by atoms with Gasteiger partial charge in [0.05, 0.1) is 12.2 Å². The maximum Gasteiger partial charge on any atom is 0.308 e. The topological polar surface area (TPSA) is 65.7 Å². The van der Waals surface area contributed by atoms with Gasteiger partial charge in [0.2, 0.25) is 0 Å². The predicted octanol–water partition coefficient (Wildman–Crippen LogP) is 0.428. The average Bonchev–Trinajstić information content (AvgIpc) is 2.82. The Balaban J connectivity index is 1.90. The summed E-state index contributed by atoms with van der Waals surface area (Å²) in [7, 11) is 0. The Bertz CT molecular complexity index is 345. The minimum atomic E-state index is -0.750. The lowest BCUT2D eigenvalue weighted by Gasteiger charge is -2.29. The number of hydrogen-bond acceptors (Lipinski definition) is 4. The standard InChI is InChI=1S/C12H18N2O3/c15-12(16)10(8-11-2-1-7-17-11)9-14-5-3-13-4-6-14/h1-2,7,10,13H,3-6,8-9H2,(H,15,16). The molecule has 0 aromatic carbocycles. The zero-order valence-corrected chi connectivity index (χ0v) is 9.76. The van der Waals surface area contributed by atoms with E-state index in [2.05, 4.69) is 10.2 Å². The van der Waals surface area contributed by atoms with E-state index in [0.717, 1.165) is 31.9 Å². The molecule has 0 bridgehead atoms. The smallest absolute Gasteiger partial charge is 0.308 e. The molecular weight excluding hydrogens is 220 g/mol. The number of piperazine rings is 1. The van der Waals surface area contributed by atoms with Crippen molar-refractivity contribution in [2.75, 3.05) is 32.7 Å². The van der Waals surface area contributed by atoms with E-state index in [1.54, 1.807) is 12.3 Å². The van der Waals surface area contributed by atoms with E-state index in [1.807, 2.05) is 6.07 Å². The van der Waals surface area contributed by atoms with Crippen molar-refractivity contribution < 1.29 is 14.3 Å². The lowest BCUT2D eigenvalue weighted by molar-refractivity contribution is -0.142. The highest BCUT2D eigenvalue weighted by atomic mass is 16.4. The summed E-state index contributed by atoms with van der Waals surface area (Å²) in [5.74, 6) is -0.397. The highest BCUT2D eigenvalue weighted by Crippen LogP contribution is 2.12. The van der Waals surface area contributed by atoms with E-state index in [9.17, 15) is 9.90 Å². The summed E-state index contributed by atoms with van der Waals surface area (Å²) in [6.07, 6.45) is 2.05. The molecule has 1 aliphatic heterocycles. The van der Waals surface area contributed by atoms with Crippen molar-refractivity contribution in [2.45, 2.75) is 6.42 Å². The van der Waals surface area contributed by atoms with Crippen LogP contribution >= 0.6 is 0 Å². The van der Waals surface area contributed by atoms with Crippen molar-refractivity contribution in [1.82, 2.24) is 10.2 Å². The first kappa shape index (κ1) is 12.1. The van der Waals surface area contributed by atoms with E-state index >= 15 is 0 Å². The van der Waals surface area contributed by atoms with Crippen molar-refractivity contribution in [3.8, 4) is 0 Å². The Morgan fingerprint density at radius 1 is 1.53 bits per heavy atom. The van der Waals surface area contributed by atoms with Crippen molar-refractivity contribution in [1.29, 1.82) is 0 Å². The molecular formula is C12H18N2O3. The van der Waals surface area contributed by atoms with Gasteiger partial charge in [-0.1, -0.05) is 0 Å². The van der Waals surface area contributed by atoms with Crippen molar-refractivity contribution in [3.63, 3.8) is 0 Å². The third-order valence-electron chi connectivity index (χ3n) is 3.07. The summed E-state index contributed by atoms with van der Waals surface area (Å²) in [4.78, 5) is 13.4. The van der Waals surface area contributed by atoms with Crippen LogP contribution in [0.15, 0.2) is 22.8 Å². The number of aliphatic carboxylic acids is 1. The minimum absolute atomic E-state index is 0.390. The van der Waals surface area contributed by atoms with Gasteiger partial charge in [0, 0.05) is 39.1 Å². The first-order chi connectivity index (χ1) is 8.25. The molecule has 17 heavy (non-hydrogen) atoms. The number of nitrogens with one attached hydrogen (secondary N) is 1. The highest BCUT2D eigenvalue weighted by molar-refractivity contribution is 5.70. The lowest BCUT2D eigenvalue weighted by Crippen LogP contribution is -2.46. The maximum absolute atomic E-state index is 11.2. The normalized spacial score (nSPS) is 19.1. The van der Waals surface area contributed by atoms with Crippen LogP contribution in [0.5, 0.6) is 0 Å². The third kappa shape index (κ3) is 3.57. The van der Waals surface area contributed by atoms with E-state index in [1.165, 1.54) is 0 Å². The summed E-state index contributed by atoms with van der Waals surface area (Å²) in [6.45, 7) is 4.31. The first-order valence-corrected chi connectivity index (χ1v) is 5.94. The predicted molar refractivity (Wildman–Crippen MR) is 62.8 cm³/mol. The van der Waals surface area contributed by atoms with Gasteiger partial charge in [-0.2, -0.15) is 0 Å². The van der Waals surface area contributed by atoms with Crippen LogP contribution in [0.2, 0.25) is 0 Å². The van der Waals surface area contributed by atoms with Crippen molar-refractivity contribution in [2.24, 2.45) is 5.92 Å². The second kappa shape index (κ2) is 5.84. The summed E-state index contributed by atoms with van der Waals surface area (Å²) < 4.78 is 5.21. The monoisotopic (exact) mass is 238 g/mol. The Kier molecular flexibility index (Phi) is 4.17. The van der Waals surface area contributed by atoms with Crippen LogP contribution in [0.25, 0.3) is 0 Å². The Morgan fingerprint density at radius 3 is 2.88 bits per heavy atom. The first-order valence-electron chi connectivity index (χ1n) is 5.94. The Labute approximate surface area is 100 Å². The average molecular weight is 238 g/mol. The van der Waals surface area contributed by atoms with Crippen LogP contribution in [0, 0.1) is 5.92 Å². The zero-order valence-electron chi connectivity index (χ0n) is 9.76. The molecule has 0 radical (unpaired) electrons. The molecule has 94 valence electrons. The molecule has 1 saturated heterocycles. The third-order valence-corrected chi connectivity index (χ3v) is 3.07. The van der Waals surface area contributed by atoms with Gasteiger partial charge in [0.15, 0.2) is 0 Å². The van der Waals surface area contributed by atoms with E-state index in [4.69, 9.17) is 4.42 Å². The summed E-state index contributed by atoms with van der Waals surface area (Å²) in [5, 5.41) is 12.5. The summed E-state index contributed by atoms with van der Waals surface area (Å²) in [5.41, 5.74) is 0. The van der Waals surface area contributed by atoms with Crippen LogP contribution < -0.4 is 5.32 Å². The van der Waals surface area contributed by atoms with Gasteiger partial charge in [-0.15, -0.1) is 0 Å². The molecule has 0 saturated carbocycles. The zero-order chi connectivity index (χ0) is 12.1. The molecule has 0 amide bonds. The van der Waals surface area contributed by atoms with Gasteiger partial charge in [-0.05, 0) is 12.1 Å². The molecule has 1 aromatic heterocycles. The quantitative estimate of drug-likeness (QED) is 0.778. The van der Waals surface area contributed by atoms with Gasteiger partial charge in [-0.3, -0.25) is 9.69 Å². The number of rotatable bonds is 5. The second-order valence-corrected chi connectivity index (χ2v) is 4.37. The largest absolute Gasteiger partial charge is 0.481 e. The molecule has 5 heteroatoms. The lowest BCUT2D eigenvalue weighted by atomic mass is 10.0. The van der Waals surface area contributed by atoms with Crippen molar-refractivity contribution in [3.05, 3.63) is 24.2 Å². The summed E-state index contributed by atoms with van der Waals surface area (Å²) in [6, 6.07) is 3.62. The second-order valence-electron chi connectivity index (χ2n) is 4.37. The Hall–Kier alpha value is -1.33. The molecule has 1 unspecified atom stereocenters. The summed E-state index contributed by atoms with van der Waals surface area (Å²) >= 11 is 0. The molecule has 2 heterocycles. The van der Waals surface area contributed by atoms with Gasteiger partial charge < -0.3 is 14.8 Å². The minimum Gasteiger partial charge on any atom is -0.481 e. The number of carboxylic acid groups (broad SMARTS) is 1. The molecule has 1 aromatic rings.